The highest BCUT2D eigenvalue weighted by atomic mass is 16.5. The monoisotopic (exact) mass is 385 g/mol. The molecule has 2 N–H and O–H groups in total. The van der Waals surface area contributed by atoms with Crippen molar-refractivity contribution in [2.24, 2.45) is 0 Å². The van der Waals surface area contributed by atoms with Gasteiger partial charge in [-0.25, -0.2) is 4.98 Å². The molecule has 148 valence electrons. The third-order valence-electron chi connectivity index (χ3n) is 4.09. The van der Waals surface area contributed by atoms with Crippen molar-refractivity contribution < 1.29 is 14.3 Å². The third kappa shape index (κ3) is 4.87. The molecular formula is C19H23N5O4. The number of aromatic nitrogens is 4. The number of benzene rings is 1. The maximum Gasteiger partial charge on any atom is 0.311 e. The van der Waals surface area contributed by atoms with Crippen LogP contribution in [-0.4, -0.2) is 39.3 Å². The second-order valence-corrected chi connectivity index (χ2v) is 6.25. The number of carbonyl (C=O) groups excluding carboxylic acids is 1. The summed E-state index contributed by atoms with van der Waals surface area (Å²) in [7, 11) is 1.29. The zero-order chi connectivity index (χ0) is 19.9. The fraction of sp³-hybridized carbons (Fsp3) is 0.368. The van der Waals surface area contributed by atoms with E-state index in [1.165, 1.54) is 17.7 Å². The molecule has 0 aliphatic carbocycles. The van der Waals surface area contributed by atoms with Crippen molar-refractivity contribution in [2.45, 2.75) is 32.7 Å². The number of fused-ring (bicyclic) bond motifs is 1. The van der Waals surface area contributed by atoms with Crippen molar-refractivity contribution in [2.75, 3.05) is 19.0 Å². The molecule has 9 heteroatoms. The van der Waals surface area contributed by atoms with E-state index in [-0.39, 0.29) is 17.8 Å². The van der Waals surface area contributed by atoms with E-state index < -0.39 is 5.97 Å². The van der Waals surface area contributed by atoms with Crippen molar-refractivity contribution in [3.05, 3.63) is 51.9 Å². The Hall–Kier alpha value is -3.36. The number of rotatable bonds is 9. The normalized spacial score (nSPS) is 10.8. The molecule has 0 atom stereocenters. The van der Waals surface area contributed by atoms with Gasteiger partial charge in [0.15, 0.2) is 0 Å². The number of carbonyl (C=O) groups is 1. The molecule has 2 heterocycles. The molecule has 0 aliphatic heterocycles. The molecular weight excluding hydrogens is 362 g/mol. The van der Waals surface area contributed by atoms with Gasteiger partial charge in [0.05, 0.1) is 25.8 Å². The van der Waals surface area contributed by atoms with Gasteiger partial charge in [0, 0.05) is 12.6 Å². The number of ether oxygens (including phenoxy) is 2. The van der Waals surface area contributed by atoms with E-state index in [2.05, 4.69) is 32.0 Å². The topological polar surface area (TPSA) is 111 Å². The second-order valence-electron chi connectivity index (χ2n) is 6.25. The average molecular weight is 385 g/mol. The van der Waals surface area contributed by atoms with Crippen LogP contribution in [0, 0.1) is 0 Å². The molecule has 0 unspecified atom stereocenters. The fourth-order valence-corrected chi connectivity index (χ4v) is 2.54. The highest BCUT2D eigenvalue weighted by molar-refractivity contribution is 5.71. The summed E-state index contributed by atoms with van der Waals surface area (Å²) in [6.07, 6.45) is 2.05. The first kappa shape index (κ1) is 19.4. The predicted molar refractivity (Wildman–Crippen MR) is 103 cm³/mol. The van der Waals surface area contributed by atoms with Gasteiger partial charge in [0.1, 0.15) is 5.75 Å². The Morgan fingerprint density at radius 3 is 2.75 bits per heavy atom. The fourth-order valence-electron chi connectivity index (χ4n) is 2.54. The molecule has 3 aromatic rings. The smallest absolute Gasteiger partial charge is 0.311 e. The Labute approximate surface area is 161 Å². The number of esters is 1. The van der Waals surface area contributed by atoms with Gasteiger partial charge in [-0.05, 0) is 24.1 Å². The molecule has 0 radical (unpaired) electrons. The van der Waals surface area contributed by atoms with Gasteiger partial charge in [0.2, 0.25) is 5.95 Å². The van der Waals surface area contributed by atoms with E-state index >= 15 is 0 Å². The lowest BCUT2D eigenvalue weighted by molar-refractivity contribution is -0.139. The van der Waals surface area contributed by atoms with E-state index in [1.807, 2.05) is 24.3 Å². The van der Waals surface area contributed by atoms with Crippen molar-refractivity contribution in [3.63, 3.8) is 0 Å². The number of anilines is 1. The van der Waals surface area contributed by atoms with E-state index in [4.69, 9.17) is 4.74 Å². The molecule has 0 fully saturated rings. The zero-order valence-electron chi connectivity index (χ0n) is 15.9. The average Bonchev–Trinajstić information content (AvgIpc) is 3.11. The molecule has 0 aliphatic rings. The molecule has 0 saturated carbocycles. The molecule has 0 amide bonds. The quantitative estimate of drug-likeness (QED) is 0.428. The van der Waals surface area contributed by atoms with Crippen LogP contribution in [0.3, 0.4) is 0 Å². The van der Waals surface area contributed by atoms with Gasteiger partial charge in [0.25, 0.3) is 11.3 Å². The molecule has 9 nitrogen and oxygen atoms in total. The summed E-state index contributed by atoms with van der Waals surface area (Å²) in [6, 6.07) is 9.07. The lowest BCUT2D eigenvalue weighted by Gasteiger charge is -2.07. The van der Waals surface area contributed by atoms with Crippen LogP contribution < -0.4 is 15.6 Å². The molecule has 0 bridgehead atoms. The van der Waals surface area contributed by atoms with Crippen molar-refractivity contribution in [3.8, 4) is 5.75 Å². The molecule has 0 spiro atoms. The van der Waals surface area contributed by atoms with Crippen LogP contribution in [0.25, 0.3) is 5.78 Å². The summed E-state index contributed by atoms with van der Waals surface area (Å²) in [5, 5.41) is 5.97. The maximum atomic E-state index is 12.2. The molecule has 2 aromatic heterocycles. The van der Waals surface area contributed by atoms with Crippen molar-refractivity contribution in [1.29, 1.82) is 0 Å². The Morgan fingerprint density at radius 2 is 2.04 bits per heavy atom. The van der Waals surface area contributed by atoms with Crippen molar-refractivity contribution >= 4 is 17.7 Å². The standard InChI is InChI=1S/C19H23N5O4/c1-3-4-9-28-15-7-5-13(6-8-15)12-20-18-22-19-21-14(11-17(26)27-2)10-16(25)24(19)23-18/h5-8,10H,3-4,9,11-12H2,1-2H3,(H2,20,21,22,23). The highest BCUT2D eigenvalue weighted by Crippen LogP contribution is 2.14. The number of nitrogens with zero attached hydrogens (tertiary/aromatic N) is 3. The minimum Gasteiger partial charge on any atom is -0.494 e. The van der Waals surface area contributed by atoms with Crippen LogP contribution in [0.15, 0.2) is 35.1 Å². The maximum absolute atomic E-state index is 12.2. The number of aromatic amines is 1. The molecule has 28 heavy (non-hydrogen) atoms. The van der Waals surface area contributed by atoms with Crippen LogP contribution in [0.1, 0.15) is 31.0 Å². The van der Waals surface area contributed by atoms with Gasteiger partial charge in [-0.2, -0.15) is 9.50 Å². The number of methoxy groups -OCH3 is 1. The van der Waals surface area contributed by atoms with Crippen LogP contribution >= 0.6 is 0 Å². The van der Waals surface area contributed by atoms with Gasteiger partial charge in [-0.1, -0.05) is 25.5 Å². The zero-order valence-corrected chi connectivity index (χ0v) is 15.9. The number of hydrogen-bond acceptors (Lipinski definition) is 7. The predicted octanol–water partition coefficient (Wildman–Crippen LogP) is 1.92. The Bertz CT molecular complexity index is 994. The van der Waals surface area contributed by atoms with E-state index in [1.54, 1.807) is 0 Å². The first-order chi connectivity index (χ1) is 13.6. The summed E-state index contributed by atoms with van der Waals surface area (Å²) in [6.45, 7) is 3.35. The SMILES string of the molecule is CCCCOc1ccc(CNc2nc3nc(CC(=O)OC)cc(=O)n3[nH]2)cc1. The van der Waals surface area contributed by atoms with E-state index in [9.17, 15) is 9.59 Å². The Morgan fingerprint density at radius 1 is 1.25 bits per heavy atom. The summed E-state index contributed by atoms with van der Waals surface area (Å²) in [4.78, 5) is 32.0. The molecule has 1 aromatic carbocycles. The summed E-state index contributed by atoms with van der Waals surface area (Å²) in [5.74, 6) is 0.971. The number of unbranched alkanes of at least 4 members (excludes halogenated alkanes) is 1. The van der Waals surface area contributed by atoms with Crippen molar-refractivity contribution in [1.82, 2.24) is 19.6 Å². The highest BCUT2D eigenvalue weighted by Gasteiger charge is 2.11. The Kier molecular flexibility index (Phi) is 6.25. The minimum absolute atomic E-state index is 0.0788. The number of hydrogen-bond donors (Lipinski definition) is 2. The van der Waals surface area contributed by atoms with Gasteiger partial charge < -0.3 is 14.8 Å². The molecule has 3 rings (SSSR count). The second kappa shape index (κ2) is 9.03. The third-order valence-corrected chi connectivity index (χ3v) is 4.09. The van der Waals surface area contributed by atoms with Crippen LogP contribution in [0.5, 0.6) is 5.75 Å². The first-order valence-electron chi connectivity index (χ1n) is 9.10. The molecule has 0 saturated heterocycles. The van der Waals surface area contributed by atoms with E-state index in [0.29, 0.717) is 24.8 Å². The van der Waals surface area contributed by atoms with Crippen LogP contribution in [-0.2, 0) is 22.5 Å². The largest absolute Gasteiger partial charge is 0.494 e. The number of H-pyrrole nitrogens is 1. The van der Waals surface area contributed by atoms with Crippen LogP contribution in [0.2, 0.25) is 0 Å². The van der Waals surface area contributed by atoms with Gasteiger partial charge >= 0.3 is 5.97 Å². The Balaban J connectivity index is 1.65. The lowest BCUT2D eigenvalue weighted by Crippen LogP contribution is -2.17. The lowest BCUT2D eigenvalue weighted by atomic mass is 10.2. The summed E-state index contributed by atoms with van der Waals surface area (Å²) < 4.78 is 11.5. The van der Waals surface area contributed by atoms with Crippen LogP contribution in [0.4, 0.5) is 5.95 Å². The first-order valence-corrected chi connectivity index (χ1v) is 9.10. The van der Waals surface area contributed by atoms with Gasteiger partial charge in [-0.15, -0.1) is 0 Å². The minimum atomic E-state index is -0.466. The summed E-state index contributed by atoms with van der Waals surface area (Å²) in [5.41, 5.74) is 1.00. The number of nitrogens with one attached hydrogen (secondary N) is 2. The summed E-state index contributed by atoms with van der Waals surface area (Å²) >= 11 is 0. The van der Waals surface area contributed by atoms with E-state index in [0.717, 1.165) is 24.2 Å². The van der Waals surface area contributed by atoms with Gasteiger partial charge in [-0.3, -0.25) is 14.7 Å².